The molecule has 0 aliphatic carbocycles. The van der Waals surface area contributed by atoms with Crippen LogP contribution in [0.4, 0.5) is 11.6 Å². The monoisotopic (exact) mass is 295 g/mol. The van der Waals surface area contributed by atoms with Gasteiger partial charge >= 0.3 is 6.01 Å². The molecule has 2 rings (SSSR count). The molecule has 1 aromatic carbocycles. The molecular formula is C12H14ClN5O2. The Morgan fingerprint density at radius 3 is 2.65 bits per heavy atom. The third kappa shape index (κ3) is 4.13. The molecule has 8 heteroatoms. The number of hydrogen-bond acceptors (Lipinski definition) is 7. The molecule has 0 atom stereocenters. The van der Waals surface area contributed by atoms with Crippen LogP contribution in [0.5, 0.6) is 11.8 Å². The summed E-state index contributed by atoms with van der Waals surface area (Å²) in [4.78, 5) is 11.7. The van der Waals surface area contributed by atoms with Crippen LogP contribution in [-0.2, 0) is 0 Å². The van der Waals surface area contributed by atoms with Gasteiger partial charge in [0.05, 0.1) is 13.7 Å². The summed E-state index contributed by atoms with van der Waals surface area (Å²) in [6, 6.07) is 7.32. The average Bonchev–Trinajstić information content (AvgIpc) is 2.45. The first-order chi connectivity index (χ1) is 9.67. The Morgan fingerprint density at radius 1 is 1.20 bits per heavy atom. The van der Waals surface area contributed by atoms with Gasteiger partial charge in [-0.1, -0.05) is 0 Å². The second-order valence-corrected chi connectivity index (χ2v) is 4.10. The van der Waals surface area contributed by atoms with E-state index in [0.717, 1.165) is 5.75 Å². The van der Waals surface area contributed by atoms with Gasteiger partial charge in [0.1, 0.15) is 12.4 Å². The minimum absolute atomic E-state index is 0.0683. The van der Waals surface area contributed by atoms with Crippen LogP contribution >= 0.6 is 11.6 Å². The molecule has 0 bridgehead atoms. The molecule has 1 heterocycles. The Bertz CT molecular complexity index is 564. The lowest BCUT2D eigenvalue weighted by atomic mass is 10.3. The Morgan fingerprint density at radius 2 is 1.95 bits per heavy atom. The van der Waals surface area contributed by atoms with Crippen molar-refractivity contribution in [1.29, 1.82) is 0 Å². The molecule has 0 saturated carbocycles. The zero-order valence-corrected chi connectivity index (χ0v) is 11.6. The average molecular weight is 296 g/mol. The number of anilines is 2. The fourth-order valence-electron chi connectivity index (χ4n) is 1.40. The maximum atomic E-state index is 5.73. The smallest absolute Gasteiger partial charge is 0.322 e. The number of aromatic nitrogens is 3. The standard InChI is InChI=1S/C12H14ClN5O2/c1-19-12-17-10(13)16-11(18-12)15-6-7-20-9-4-2-8(14)3-5-9/h2-5H,6-7,14H2,1H3,(H,15,16,17,18). The molecule has 7 nitrogen and oxygen atoms in total. The maximum absolute atomic E-state index is 5.73. The molecule has 0 unspecified atom stereocenters. The first-order valence-corrected chi connectivity index (χ1v) is 6.23. The number of ether oxygens (including phenoxy) is 2. The summed E-state index contributed by atoms with van der Waals surface area (Å²) < 4.78 is 10.4. The highest BCUT2D eigenvalue weighted by Gasteiger charge is 2.04. The molecule has 20 heavy (non-hydrogen) atoms. The van der Waals surface area contributed by atoms with E-state index in [1.54, 1.807) is 24.3 Å². The van der Waals surface area contributed by atoms with Gasteiger partial charge in [0.15, 0.2) is 0 Å². The Kier molecular flexibility index (Phi) is 4.78. The summed E-state index contributed by atoms with van der Waals surface area (Å²) in [5.74, 6) is 1.08. The molecule has 1 aromatic heterocycles. The van der Waals surface area contributed by atoms with Gasteiger partial charge < -0.3 is 20.5 Å². The first-order valence-electron chi connectivity index (χ1n) is 5.85. The number of halogens is 1. The Hall–Kier alpha value is -2.28. The predicted molar refractivity (Wildman–Crippen MR) is 76.2 cm³/mol. The van der Waals surface area contributed by atoms with Crippen LogP contribution in [0.1, 0.15) is 0 Å². The van der Waals surface area contributed by atoms with Gasteiger partial charge in [-0.15, -0.1) is 0 Å². The zero-order valence-electron chi connectivity index (χ0n) is 10.8. The summed E-state index contributed by atoms with van der Waals surface area (Å²) in [6.45, 7) is 0.948. The normalized spacial score (nSPS) is 10.1. The van der Waals surface area contributed by atoms with Crippen LogP contribution in [0.2, 0.25) is 5.28 Å². The van der Waals surface area contributed by atoms with E-state index < -0.39 is 0 Å². The Balaban J connectivity index is 1.81. The minimum atomic E-state index is 0.0683. The molecular weight excluding hydrogens is 282 g/mol. The van der Waals surface area contributed by atoms with Crippen LogP contribution in [0.3, 0.4) is 0 Å². The van der Waals surface area contributed by atoms with Gasteiger partial charge in [0.2, 0.25) is 11.2 Å². The van der Waals surface area contributed by atoms with E-state index in [1.807, 2.05) is 0 Å². The van der Waals surface area contributed by atoms with Crippen LogP contribution in [0.15, 0.2) is 24.3 Å². The number of rotatable bonds is 6. The zero-order chi connectivity index (χ0) is 14.4. The highest BCUT2D eigenvalue weighted by Crippen LogP contribution is 2.13. The van der Waals surface area contributed by atoms with Crippen molar-refractivity contribution in [3.8, 4) is 11.8 Å². The van der Waals surface area contributed by atoms with Crippen molar-refractivity contribution in [1.82, 2.24) is 15.0 Å². The molecule has 0 aliphatic heterocycles. The van der Waals surface area contributed by atoms with Crippen molar-refractivity contribution >= 4 is 23.2 Å². The topological polar surface area (TPSA) is 95.2 Å². The SMILES string of the molecule is COc1nc(Cl)nc(NCCOc2ccc(N)cc2)n1. The van der Waals surface area contributed by atoms with Gasteiger partial charge in [0, 0.05) is 5.69 Å². The van der Waals surface area contributed by atoms with E-state index in [2.05, 4.69) is 20.3 Å². The van der Waals surface area contributed by atoms with Crippen molar-refractivity contribution in [3.05, 3.63) is 29.5 Å². The molecule has 0 aliphatic rings. The van der Waals surface area contributed by atoms with Crippen molar-refractivity contribution in [3.63, 3.8) is 0 Å². The lowest BCUT2D eigenvalue weighted by Gasteiger charge is -2.08. The summed E-state index contributed by atoms with van der Waals surface area (Å²) in [6.07, 6.45) is 0. The lowest BCUT2D eigenvalue weighted by molar-refractivity contribution is 0.332. The van der Waals surface area contributed by atoms with Gasteiger partial charge in [-0.05, 0) is 35.9 Å². The number of nitrogens with two attached hydrogens (primary N) is 1. The molecule has 2 aromatic rings. The van der Waals surface area contributed by atoms with Gasteiger partial charge in [-0.25, -0.2) is 0 Å². The Labute approximate surface area is 121 Å². The van der Waals surface area contributed by atoms with Crippen molar-refractivity contribution in [2.45, 2.75) is 0 Å². The number of methoxy groups -OCH3 is 1. The third-order valence-corrected chi connectivity index (χ3v) is 2.47. The molecule has 0 radical (unpaired) electrons. The van der Waals surface area contributed by atoms with E-state index in [-0.39, 0.29) is 11.3 Å². The van der Waals surface area contributed by atoms with Gasteiger partial charge in [-0.3, -0.25) is 0 Å². The second-order valence-electron chi connectivity index (χ2n) is 3.76. The van der Waals surface area contributed by atoms with E-state index in [1.165, 1.54) is 7.11 Å². The molecule has 0 spiro atoms. The van der Waals surface area contributed by atoms with Crippen molar-refractivity contribution in [2.24, 2.45) is 0 Å². The molecule has 0 saturated heterocycles. The van der Waals surface area contributed by atoms with Crippen molar-refractivity contribution in [2.75, 3.05) is 31.3 Å². The highest BCUT2D eigenvalue weighted by atomic mass is 35.5. The van der Waals surface area contributed by atoms with Crippen LogP contribution in [0.25, 0.3) is 0 Å². The minimum Gasteiger partial charge on any atom is -0.492 e. The number of nitrogens with one attached hydrogen (secondary N) is 1. The molecule has 0 amide bonds. The number of nitrogen functional groups attached to an aromatic ring is 1. The van der Waals surface area contributed by atoms with Crippen LogP contribution in [0, 0.1) is 0 Å². The summed E-state index contributed by atoms with van der Waals surface area (Å²) in [5.41, 5.74) is 6.28. The highest BCUT2D eigenvalue weighted by molar-refractivity contribution is 6.28. The number of hydrogen-bond donors (Lipinski definition) is 2. The number of nitrogens with zero attached hydrogens (tertiary/aromatic N) is 3. The van der Waals surface area contributed by atoms with Gasteiger partial charge in [-0.2, -0.15) is 15.0 Å². The second kappa shape index (κ2) is 6.76. The number of benzene rings is 1. The fourth-order valence-corrected chi connectivity index (χ4v) is 1.55. The third-order valence-electron chi connectivity index (χ3n) is 2.30. The lowest BCUT2D eigenvalue weighted by Crippen LogP contribution is -2.14. The fraction of sp³-hybridized carbons (Fsp3) is 0.250. The summed E-state index contributed by atoms with van der Waals surface area (Å²) in [7, 11) is 1.46. The molecule has 3 N–H and O–H groups in total. The van der Waals surface area contributed by atoms with E-state index in [0.29, 0.717) is 24.8 Å². The van der Waals surface area contributed by atoms with Gasteiger partial charge in [0.25, 0.3) is 0 Å². The van der Waals surface area contributed by atoms with Crippen LogP contribution < -0.4 is 20.5 Å². The molecule has 0 fully saturated rings. The summed E-state index contributed by atoms with van der Waals surface area (Å²) in [5, 5.41) is 3.03. The van der Waals surface area contributed by atoms with Crippen molar-refractivity contribution < 1.29 is 9.47 Å². The molecule has 106 valence electrons. The largest absolute Gasteiger partial charge is 0.492 e. The summed E-state index contributed by atoms with van der Waals surface area (Å²) >= 11 is 5.73. The van der Waals surface area contributed by atoms with E-state index in [4.69, 9.17) is 26.8 Å². The van der Waals surface area contributed by atoms with E-state index in [9.17, 15) is 0 Å². The first kappa shape index (κ1) is 14.1. The van der Waals surface area contributed by atoms with Crippen LogP contribution in [-0.4, -0.2) is 35.2 Å². The maximum Gasteiger partial charge on any atom is 0.322 e. The predicted octanol–water partition coefficient (Wildman–Crippen LogP) is 1.61. The quantitative estimate of drug-likeness (QED) is 0.617. The van der Waals surface area contributed by atoms with E-state index >= 15 is 0 Å².